The fraction of sp³-hybridized carbons (Fsp3) is 0.294. The molecule has 1 aliphatic rings. The average molecular weight is 263 g/mol. The van der Waals surface area contributed by atoms with E-state index in [-0.39, 0.29) is 0 Å². The predicted molar refractivity (Wildman–Crippen MR) is 79.6 cm³/mol. The second kappa shape index (κ2) is 4.17. The Morgan fingerprint density at radius 3 is 2.55 bits per heavy atom. The Morgan fingerprint density at radius 1 is 1.05 bits per heavy atom. The maximum absolute atomic E-state index is 4.42. The number of aromatic nitrogens is 3. The SMILES string of the molecule is CC1(c2ccc(-c3cnc4ccnn4c3)cc2)CCC1. The van der Waals surface area contributed by atoms with Crippen LogP contribution in [0, 0.1) is 0 Å². The van der Waals surface area contributed by atoms with E-state index in [1.165, 1.54) is 30.4 Å². The Morgan fingerprint density at radius 2 is 1.85 bits per heavy atom. The Kier molecular flexibility index (Phi) is 2.43. The highest BCUT2D eigenvalue weighted by atomic mass is 15.2. The van der Waals surface area contributed by atoms with Gasteiger partial charge in [0.1, 0.15) is 0 Å². The van der Waals surface area contributed by atoms with Gasteiger partial charge < -0.3 is 0 Å². The van der Waals surface area contributed by atoms with Crippen molar-refractivity contribution >= 4 is 5.65 Å². The Labute approximate surface area is 118 Å². The molecule has 2 heterocycles. The molecule has 1 fully saturated rings. The summed E-state index contributed by atoms with van der Waals surface area (Å²) < 4.78 is 1.82. The van der Waals surface area contributed by atoms with Gasteiger partial charge in [0.15, 0.2) is 5.65 Å². The number of fused-ring (bicyclic) bond motifs is 1. The molecule has 1 saturated carbocycles. The van der Waals surface area contributed by atoms with E-state index in [9.17, 15) is 0 Å². The van der Waals surface area contributed by atoms with Crippen molar-refractivity contribution in [3.05, 3.63) is 54.5 Å². The third-order valence-corrected chi connectivity index (χ3v) is 4.62. The largest absolute Gasteiger partial charge is 0.236 e. The van der Waals surface area contributed by atoms with Gasteiger partial charge in [-0.1, -0.05) is 37.6 Å². The third-order valence-electron chi connectivity index (χ3n) is 4.62. The molecule has 4 rings (SSSR count). The highest BCUT2D eigenvalue weighted by Crippen LogP contribution is 2.43. The molecule has 0 aliphatic heterocycles. The Balaban J connectivity index is 1.71. The first-order chi connectivity index (χ1) is 9.74. The minimum Gasteiger partial charge on any atom is -0.236 e. The van der Waals surface area contributed by atoms with Crippen LogP contribution in [-0.2, 0) is 5.41 Å². The van der Waals surface area contributed by atoms with Crippen LogP contribution in [0.5, 0.6) is 0 Å². The van der Waals surface area contributed by atoms with E-state index < -0.39 is 0 Å². The van der Waals surface area contributed by atoms with Crippen LogP contribution in [0.2, 0.25) is 0 Å². The minimum atomic E-state index is 0.405. The van der Waals surface area contributed by atoms with Gasteiger partial charge in [-0.3, -0.25) is 0 Å². The van der Waals surface area contributed by atoms with Crippen molar-refractivity contribution < 1.29 is 0 Å². The molecule has 0 N–H and O–H groups in total. The highest BCUT2D eigenvalue weighted by Gasteiger charge is 2.33. The van der Waals surface area contributed by atoms with Crippen LogP contribution < -0.4 is 0 Å². The van der Waals surface area contributed by atoms with E-state index in [0.717, 1.165) is 11.2 Å². The van der Waals surface area contributed by atoms with Gasteiger partial charge in [0.05, 0.1) is 6.20 Å². The Hall–Kier alpha value is -2.16. The van der Waals surface area contributed by atoms with Gasteiger partial charge >= 0.3 is 0 Å². The lowest BCUT2D eigenvalue weighted by atomic mass is 9.66. The van der Waals surface area contributed by atoms with Crippen molar-refractivity contribution in [1.82, 2.24) is 14.6 Å². The topological polar surface area (TPSA) is 30.2 Å². The summed E-state index contributed by atoms with van der Waals surface area (Å²) in [7, 11) is 0. The second-order valence-electron chi connectivity index (χ2n) is 5.97. The zero-order chi connectivity index (χ0) is 13.6. The molecule has 0 unspecified atom stereocenters. The van der Waals surface area contributed by atoms with Crippen LogP contribution in [0.15, 0.2) is 48.9 Å². The van der Waals surface area contributed by atoms with Crippen LogP contribution in [0.3, 0.4) is 0 Å². The maximum Gasteiger partial charge on any atom is 0.154 e. The molecule has 0 bridgehead atoms. The first-order valence-corrected chi connectivity index (χ1v) is 7.15. The molecular weight excluding hydrogens is 246 g/mol. The van der Waals surface area contributed by atoms with Gasteiger partial charge in [0, 0.05) is 24.0 Å². The van der Waals surface area contributed by atoms with Crippen molar-refractivity contribution in [3.63, 3.8) is 0 Å². The van der Waals surface area contributed by atoms with E-state index in [0.29, 0.717) is 5.41 Å². The molecule has 0 atom stereocenters. The van der Waals surface area contributed by atoms with E-state index in [4.69, 9.17) is 0 Å². The summed E-state index contributed by atoms with van der Waals surface area (Å²) in [6.45, 7) is 2.36. The van der Waals surface area contributed by atoms with E-state index in [1.807, 2.05) is 23.0 Å². The van der Waals surface area contributed by atoms with Crippen LogP contribution in [0.1, 0.15) is 31.7 Å². The van der Waals surface area contributed by atoms with Crippen molar-refractivity contribution in [1.29, 1.82) is 0 Å². The number of hydrogen-bond acceptors (Lipinski definition) is 2. The Bertz CT molecular complexity index is 751. The van der Waals surface area contributed by atoms with Gasteiger partial charge in [0.25, 0.3) is 0 Å². The molecule has 1 aliphatic carbocycles. The average Bonchev–Trinajstić information content (AvgIpc) is 2.92. The van der Waals surface area contributed by atoms with Crippen LogP contribution in [0.25, 0.3) is 16.8 Å². The zero-order valence-corrected chi connectivity index (χ0v) is 11.6. The van der Waals surface area contributed by atoms with Crippen LogP contribution >= 0.6 is 0 Å². The molecule has 3 heteroatoms. The third kappa shape index (κ3) is 1.73. The summed E-state index contributed by atoms with van der Waals surface area (Å²) in [6.07, 6.45) is 9.70. The standard InChI is InChI=1S/C17H17N3/c1-17(8-2-9-17)15-5-3-13(4-6-15)14-11-18-16-7-10-19-20(16)12-14/h3-7,10-12H,2,8-9H2,1H3. The summed E-state index contributed by atoms with van der Waals surface area (Å²) >= 11 is 0. The molecule has 3 nitrogen and oxygen atoms in total. The second-order valence-corrected chi connectivity index (χ2v) is 5.97. The van der Waals surface area contributed by atoms with Crippen LogP contribution in [-0.4, -0.2) is 14.6 Å². The summed E-state index contributed by atoms with van der Waals surface area (Å²) in [4.78, 5) is 4.42. The van der Waals surface area contributed by atoms with Crippen molar-refractivity contribution in [2.75, 3.05) is 0 Å². The van der Waals surface area contributed by atoms with E-state index >= 15 is 0 Å². The number of rotatable bonds is 2. The molecule has 0 amide bonds. The zero-order valence-electron chi connectivity index (χ0n) is 11.6. The monoisotopic (exact) mass is 263 g/mol. The lowest BCUT2D eigenvalue weighted by Crippen LogP contribution is -2.30. The molecule has 20 heavy (non-hydrogen) atoms. The molecule has 1 aromatic carbocycles. The summed E-state index contributed by atoms with van der Waals surface area (Å²) in [6, 6.07) is 10.8. The minimum absolute atomic E-state index is 0.405. The lowest BCUT2D eigenvalue weighted by molar-refractivity contribution is 0.272. The van der Waals surface area contributed by atoms with Crippen molar-refractivity contribution in [2.24, 2.45) is 0 Å². The molecule has 0 saturated heterocycles. The first-order valence-electron chi connectivity index (χ1n) is 7.15. The summed E-state index contributed by atoms with van der Waals surface area (Å²) in [5.74, 6) is 0. The first kappa shape index (κ1) is 11.6. The predicted octanol–water partition coefficient (Wildman–Crippen LogP) is 3.84. The van der Waals surface area contributed by atoms with Crippen LogP contribution in [0.4, 0.5) is 0 Å². The van der Waals surface area contributed by atoms with E-state index in [2.05, 4.69) is 41.3 Å². The molecule has 0 spiro atoms. The fourth-order valence-corrected chi connectivity index (χ4v) is 3.02. The van der Waals surface area contributed by atoms with Crippen molar-refractivity contribution in [3.8, 4) is 11.1 Å². The molecule has 3 aromatic rings. The smallest absolute Gasteiger partial charge is 0.154 e. The number of benzene rings is 1. The molecule has 2 aromatic heterocycles. The van der Waals surface area contributed by atoms with Gasteiger partial charge in [0.2, 0.25) is 0 Å². The molecular formula is C17H17N3. The summed E-state index contributed by atoms with van der Waals surface area (Å²) in [5, 5.41) is 4.24. The number of nitrogens with zero attached hydrogens (tertiary/aromatic N) is 3. The lowest BCUT2D eigenvalue weighted by Gasteiger charge is -2.39. The van der Waals surface area contributed by atoms with E-state index in [1.54, 1.807) is 6.20 Å². The van der Waals surface area contributed by atoms with Gasteiger partial charge in [-0.25, -0.2) is 9.50 Å². The fourth-order valence-electron chi connectivity index (χ4n) is 3.02. The van der Waals surface area contributed by atoms with Crippen molar-refractivity contribution in [2.45, 2.75) is 31.6 Å². The molecule has 0 radical (unpaired) electrons. The quantitative estimate of drug-likeness (QED) is 0.703. The maximum atomic E-state index is 4.42. The highest BCUT2D eigenvalue weighted by molar-refractivity contribution is 5.63. The molecule has 100 valence electrons. The van der Waals surface area contributed by atoms with Gasteiger partial charge in [-0.2, -0.15) is 5.10 Å². The number of hydrogen-bond donors (Lipinski definition) is 0. The van der Waals surface area contributed by atoms with Gasteiger partial charge in [-0.05, 0) is 29.4 Å². The van der Waals surface area contributed by atoms with Gasteiger partial charge in [-0.15, -0.1) is 0 Å². The normalized spacial score (nSPS) is 17.1. The summed E-state index contributed by atoms with van der Waals surface area (Å²) in [5.41, 5.74) is 5.05.